The maximum atomic E-state index is 13.6. The second-order valence-electron chi connectivity index (χ2n) is 6.19. The minimum Gasteiger partial charge on any atom is -0.346 e. The third-order valence-electron chi connectivity index (χ3n) is 4.24. The number of aromatic nitrogens is 5. The minimum atomic E-state index is -2.77. The number of nitrogens with one attached hydrogen (secondary N) is 1. The predicted molar refractivity (Wildman–Crippen MR) is 97.8 cm³/mol. The Kier molecular flexibility index (Phi) is 4.56. The molecule has 142 valence electrons. The van der Waals surface area contributed by atoms with Gasteiger partial charge in [-0.2, -0.15) is 10.2 Å². The predicted octanol–water partition coefficient (Wildman–Crippen LogP) is 3.00. The van der Waals surface area contributed by atoms with Crippen LogP contribution in [-0.4, -0.2) is 30.3 Å². The molecule has 1 amide bonds. The molecule has 0 bridgehead atoms. The molecule has 0 fully saturated rings. The fourth-order valence-electron chi connectivity index (χ4n) is 2.88. The molecule has 0 unspecified atom stereocenters. The molecule has 7 nitrogen and oxygen atoms in total. The van der Waals surface area contributed by atoms with Crippen molar-refractivity contribution in [1.82, 2.24) is 29.7 Å². The van der Waals surface area contributed by atoms with E-state index in [0.29, 0.717) is 17.0 Å². The van der Waals surface area contributed by atoms with Gasteiger partial charge in [0.05, 0.1) is 24.1 Å². The molecule has 28 heavy (non-hydrogen) atoms. The lowest BCUT2D eigenvalue weighted by molar-refractivity contribution is 0.0951. The summed E-state index contributed by atoms with van der Waals surface area (Å²) in [4.78, 5) is 17.0. The number of fused-ring (bicyclic) bond motifs is 1. The zero-order valence-corrected chi connectivity index (χ0v) is 14.9. The summed E-state index contributed by atoms with van der Waals surface area (Å²) in [6, 6.07) is 12.0. The monoisotopic (exact) mass is 382 g/mol. The minimum absolute atomic E-state index is 0.0789. The zero-order chi connectivity index (χ0) is 19.7. The largest absolute Gasteiger partial charge is 0.346 e. The number of nitrogens with zero attached hydrogens (tertiary/aromatic N) is 5. The fraction of sp³-hybridized carbons (Fsp3) is 0.158. The van der Waals surface area contributed by atoms with Crippen molar-refractivity contribution in [2.24, 2.45) is 7.05 Å². The van der Waals surface area contributed by atoms with E-state index in [0.717, 1.165) is 4.52 Å². The van der Waals surface area contributed by atoms with Gasteiger partial charge < -0.3 is 5.32 Å². The highest BCUT2D eigenvalue weighted by molar-refractivity contribution is 5.99. The van der Waals surface area contributed by atoms with E-state index in [1.165, 1.54) is 12.3 Å². The normalized spacial score (nSPS) is 11.3. The van der Waals surface area contributed by atoms with Gasteiger partial charge in [0.1, 0.15) is 11.3 Å². The Balaban J connectivity index is 1.72. The van der Waals surface area contributed by atoms with Crippen molar-refractivity contribution in [3.05, 3.63) is 71.8 Å². The molecule has 0 saturated carbocycles. The van der Waals surface area contributed by atoms with Crippen LogP contribution in [0.1, 0.15) is 28.2 Å². The van der Waals surface area contributed by atoms with Crippen molar-refractivity contribution in [1.29, 1.82) is 0 Å². The Hall–Kier alpha value is -3.62. The molecule has 0 saturated heterocycles. The molecule has 1 aromatic carbocycles. The SMILES string of the molecule is Cn1ccc(CNC(=O)c2cnn3c(C(F)F)cc(-c4ccccc4)nc23)n1. The van der Waals surface area contributed by atoms with Crippen LogP contribution >= 0.6 is 0 Å². The van der Waals surface area contributed by atoms with Crippen LogP contribution in [0, 0.1) is 0 Å². The van der Waals surface area contributed by atoms with E-state index in [1.807, 2.05) is 6.07 Å². The molecule has 1 N–H and O–H groups in total. The van der Waals surface area contributed by atoms with E-state index in [9.17, 15) is 13.6 Å². The van der Waals surface area contributed by atoms with Gasteiger partial charge >= 0.3 is 0 Å². The van der Waals surface area contributed by atoms with Crippen molar-refractivity contribution in [3.8, 4) is 11.3 Å². The summed E-state index contributed by atoms with van der Waals surface area (Å²) in [5.74, 6) is -0.460. The lowest BCUT2D eigenvalue weighted by atomic mass is 10.1. The molecule has 3 aromatic heterocycles. The van der Waals surface area contributed by atoms with Crippen LogP contribution in [0.25, 0.3) is 16.9 Å². The van der Waals surface area contributed by atoms with Gasteiger partial charge in [-0.15, -0.1) is 0 Å². The Bertz CT molecular complexity index is 1140. The zero-order valence-electron chi connectivity index (χ0n) is 14.9. The van der Waals surface area contributed by atoms with Gasteiger partial charge in [-0.25, -0.2) is 18.3 Å². The number of aryl methyl sites for hydroxylation is 1. The Labute approximate surface area is 158 Å². The molecular formula is C19H16F2N6O. The number of hydrogen-bond acceptors (Lipinski definition) is 4. The molecule has 4 rings (SSSR count). The number of alkyl halides is 2. The average molecular weight is 382 g/mol. The van der Waals surface area contributed by atoms with Gasteiger partial charge in [-0.05, 0) is 12.1 Å². The van der Waals surface area contributed by atoms with Gasteiger partial charge in [0, 0.05) is 18.8 Å². The second-order valence-corrected chi connectivity index (χ2v) is 6.19. The summed E-state index contributed by atoms with van der Waals surface area (Å²) in [6.07, 6.45) is 0.244. The number of amides is 1. The van der Waals surface area contributed by atoms with Crippen LogP contribution in [0.2, 0.25) is 0 Å². The van der Waals surface area contributed by atoms with Gasteiger partial charge in [0.15, 0.2) is 5.65 Å². The molecule has 0 spiro atoms. The van der Waals surface area contributed by atoms with Crippen LogP contribution in [0.15, 0.2) is 54.9 Å². The molecule has 0 radical (unpaired) electrons. The van der Waals surface area contributed by atoms with Crippen LogP contribution < -0.4 is 5.32 Å². The summed E-state index contributed by atoms with van der Waals surface area (Å²) in [5, 5.41) is 10.9. The molecule has 3 heterocycles. The van der Waals surface area contributed by atoms with E-state index < -0.39 is 12.3 Å². The topological polar surface area (TPSA) is 77.1 Å². The Morgan fingerprint density at radius 1 is 1.21 bits per heavy atom. The quantitative estimate of drug-likeness (QED) is 0.576. The van der Waals surface area contributed by atoms with Crippen molar-refractivity contribution >= 4 is 11.6 Å². The second kappa shape index (κ2) is 7.18. The fourth-order valence-corrected chi connectivity index (χ4v) is 2.88. The number of carbonyl (C=O) groups is 1. The summed E-state index contributed by atoms with van der Waals surface area (Å²) in [6.45, 7) is 0.205. The van der Waals surface area contributed by atoms with Gasteiger partial charge in [-0.3, -0.25) is 9.48 Å². The van der Waals surface area contributed by atoms with Crippen molar-refractivity contribution in [3.63, 3.8) is 0 Å². The molecule has 9 heteroatoms. The van der Waals surface area contributed by atoms with Gasteiger partial charge in [0.25, 0.3) is 12.3 Å². The van der Waals surface area contributed by atoms with Crippen molar-refractivity contribution < 1.29 is 13.6 Å². The van der Waals surface area contributed by atoms with Crippen LogP contribution in [0.3, 0.4) is 0 Å². The number of benzene rings is 1. The summed E-state index contributed by atoms with van der Waals surface area (Å²) in [5.41, 5.74) is 1.58. The van der Waals surface area contributed by atoms with Gasteiger partial charge in [0.2, 0.25) is 0 Å². The number of carbonyl (C=O) groups excluding carboxylic acids is 1. The standard InChI is InChI=1S/C19H16F2N6O/c1-26-8-7-13(25-26)10-22-19(28)14-11-23-27-16(17(20)21)9-15(24-18(14)27)12-5-3-2-4-6-12/h2-9,11,17H,10H2,1H3,(H,22,28). The first kappa shape index (κ1) is 17.8. The van der Waals surface area contributed by atoms with Crippen LogP contribution in [0.5, 0.6) is 0 Å². The average Bonchev–Trinajstić information content (AvgIpc) is 3.32. The van der Waals surface area contributed by atoms with Crippen LogP contribution in [0.4, 0.5) is 8.78 Å². The highest BCUT2D eigenvalue weighted by Gasteiger charge is 2.21. The summed E-state index contributed by atoms with van der Waals surface area (Å²) in [7, 11) is 1.78. The molecule has 0 aliphatic heterocycles. The third kappa shape index (κ3) is 3.34. The number of halogens is 2. The summed E-state index contributed by atoms with van der Waals surface area (Å²) < 4.78 is 29.8. The number of hydrogen-bond donors (Lipinski definition) is 1. The molecule has 0 atom stereocenters. The lowest BCUT2D eigenvalue weighted by Gasteiger charge is -2.08. The van der Waals surface area contributed by atoms with Crippen molar-refractivity contribution in [2.75, 3.05) is 0 Å². The van der Waals surface area contributed by atoms with E-state index in [4.69, 9.17) is 0 Å². The Morgan fingerprint density at radius 2 is 2.00 bits per heavy atom. The van der Waals surface area contributed by atoms with Crippen LogP contribution in [-0.2, 0) is 13.6 Å². The first-order valence-electron chi connectivity index (χ1n) is 8.52. The highest BCUT2D eigenvalue weighted by atomic mass is 19.3. The maximum Gasteiger partial charge on any atom is 0.280 e. The third-order valence-corrected chi connectivity index (χ3v) is 4.24. The maximum absolute atomic E-state index is 13.6. The smallest absolute Gasteiger partial charge is 0.280 e. The van der Waals surface area contributed by atoms with E-state index in [2.05, 4.69) is 20.5 Å². The Morgan fingerprint density at radius 3 is 2.68 bits per heavy atom. The lowest BCUT2D eigenvalue weighted by Crippen LogP contribution is -2.23. The summed E-state index contributed by atoms with van der Waals surface area (Å²) >= 11 is 0. The molecule has 0 aliphatic rings. The molecule has 4 aromatic rings. The first-order chi connectivity index (χ1) is 13.5. The van der Waals surface area contributed by atoms with Crippen molar-refractivity contribution in [2.45, 2.75) is 13.0 Å². The van der Waals surface area contributed by atoms with E-state index in [-0.39, 0.29) is 23.4 Å². The van der Waals surface area contributed by atoms with E-state index >= 15 is 0 Å². The number of rotatable bonds is 5. The molecular weight excluding hydrogens is 366 g/mol. The van der Waals surface area contributed by atoms with E-state index in [1.54, 1.807) is 48.3 Å². The van der Waals surface area contributed by atoms with Gasteiger partial charge in [-0.1, -0.05) is 30.3 Å². The first-order valence-corrected chi connectivity index (χ1v) is 8.52. The highest BCUT2D eigenvalue weighted by Crippen LogP contribution is 2.26. The molecule has 0 aliphatic carbocycles.